The molecule has 3 N–H and O–H groups in total. The van der Waals surface area contributed by atoms with Crippen molar-refractivity contribution in [2.24, 2.45) is 5.73 Å². The molecule has 56 valence electrons. The first-order valence-electron chi connectivity index (χ1n) is 3.65. The number of aromatic amines is 1. The zero-order valence-electron chi connectivity index (χ0n) is 6.52. The van der Waals surface area contributed by atoms with E-state index in [1.54, 1.807) is 0 Å². The summed E-state index contributed by atoms with van der Waals surface area (Å²) >= 11 is 0. The van der Waals surface area contributed by atoms with Crippen molar-refractivity contribution < 1.29 is 0 Å². The topological polar surface area (TPSA) is 41.8 Å². The molecule has 0 bridgehead atoms. The summed E-state index contributed by atoms with van der Waals surface area (Å²) in [6.07, 6.45) is 0.986. The first kappa shape index (κ1) is 7.35. The maximum absolute atomic E-state index is 5.78. The second kappa shape index (κ2) is 2.88. The molecule has 2 heteroatoms. The maximum atomic E-state index is 5.78. The normalized spacial score (nSPS) is 13.5. The van der Waals surface area contributed by atoms with Crippen LogP contribution >= 0.6 is 0 Å². The number of H-pyrrole nitrogens is 1. The molecular formula is C8H14N2. The molecule has 1 rings (SSSR count). The van der Waals surface area contributed by atoms with Gasteiger partial charge in [-0.3, -0.25) is 0 Å². The molecule has 10 heavy (non-hydrogen) atoms. The molecule has 0 fully saturated rings. The molecule has 0 spiro atoms. The lowest BCUT2D eigenvalue weighted by atomic mass is 10.2. The van der Waals surface area contributed by atoms with Gasteiger partial charge in [0.1, 0.15) is 0 Å². The minimum absolute atomic E-state index is 0.175. The number of hydrogen-bond acceptors (Lipinski definition) is 1. The van der Waals surface area contributed by atoms with E-state index in [4.69, 9.17) is 5.73 Å². The van der Waals surface area contributed by atoms with Crippen LogP contribution in [0.5, 0.6) is 0 Å². The van der Waals surface area contributed by atoms with Crippen molar-refractivity contribution in [2.75, 3.05) is 0 Å². The van der Waals surface area contributed by atoms with Crippen molar-refractivity contribution in [1.29, 1.82) is 0 Å². The van der Waals surface area contributed by atoms with E-state index in [0.29, 0.717) is 0 Å². The summed E-state index contributed by atoms with van der Waals surface area (Å²) in [5.74, 6) is 0. The third-order valence-electron chi connectivity index (χ3n) is 1.69. The molecule has 1 heterocycles. The molecule has 0 radical (unpaired) electrons. The number of aryl methyl sites for hydroxylation is 1. The van der Waals surface area contributed by atoms with E-state index < -0.39 is 0 Å². The third kappa shape index (κ3) is 1.39. The fraction of sp³-hybridized carbons (Fsp3) is 0.500. The van der Waals surface area contributed by atoms with Crippen molar-refractivity contribution in [3.63, 3.8) is 0 Å². The first-order chi connectivity index (χ1) is 4.74. The molecule has 0 saturated carbocycles. The molecule has 1 aromatic heterocycles. The van der Waals surface area contributed by atoms with Crippen LogP contribution < -0.4 is 5.73 Å². The predicted molar refractivity (Wildman–Crippen MR) is 42.7 cm³/mol. The van der Waals surface area contributed by atoms with E-state index in [1.165, 1.54) is 5.69 Å². The van der Waals surface area contributed by atoms with Crippen LogP contribution in [0.4, 0.5) is 0 Å². The Bertz CT molecular complexity index is 203. The number of nitrogens with two attached hydrogens (primary N) is 1. The molecule has 0 aliphatic heterocycles. The molecule has 0 aliphatic carbocycles. The lowest BCUT2D eigenvalue weighted by Crippen LogP contribution is -2.08. The monoisotopic (exact) mass is 138 g/mol. The van der Waals surface area contributed by atoms with Crippen LogP contribution in [-0.2, 0) is 0 Å². The smallest absolute Gasteiger partial charge is 0.0445 e. The van der Waals surface area contributed by atoms with Gasteiger partial charge in [0, 0.05) is 17.4 Å². The SMILES string of the molecule is CCC(N)c1ccc(C)[nH]1. The van der Waals surface area contributed by atoms with Crippen molar-refractivity contribution >= 4 is 0 Å². The van der Waals surface area contributed by atoms with Crippen LogP contribution in [-0.4, -0.2) is 4.98 Å². The summed E-state index contributed by atoms with van der Waals surface area (Å²) in [5, 5.41) is 0. The van der Waals surface area contributed by atoms with Crippen LogP contribution in [0.25, 0.3) is 0 Å². The van der Waals surface area contributed by atoms with Crippen LogP contribution in [0.15, 0.2) is 12.1 Å². The molecule has 0 aliphatic rings. The van der Waals surface area contributed by atoms with E-state index in [-0.39, 0.29) is 6.04 Å². The van der Waals surface area contributed by atoms with Gasteiger partial charge in [0.25, 0.3) is 0 Å². The standard InChI is InChI=1S/C8H14N2/c1-3-7(9)8-5-4-6(2)10-8/h4-5,7,10H,3,9H2,1-2H3. The number of hydrogen-bond donors (Lipinski definition) is 2. The average molecular weight is 138 g/mol. The highest BCUT2D eigenvalue weighted by Gasteiger charge is 2.02. The molecule has 1 aromatic rings. The van der Waals surface area contributed by atoms with E-state index in [9.17, 15) is 0 Å². The van der Waals surface area contributed by atoms with Crippen molar-refractivity contribution in [1.82, 2.24) is 4.98 Å². The van der Waals surface area contributed by atoms with Gasteiger partial charge < -0.3 is 10.7 Å². The van der Waals surface area contributed by atoms with Gasteiger partial charge in [-0.1, -0.05) is 6.92 Å². The Morgan fingerprint density at radius 2 is 2.30 bits per heavy atom. The second-order valence-electron chi connectivity index (χ2n) is 2.61. The van der Waals surface area contributed by atoms with Crippen molar-refractivity contribution in [2.45, 2.75) is 26.3 Å². The summed E-state index contributed by atoms with van der Waals surface area (Å²) in [6, 6.07) is 4.27. The van der Waals surface area contributed by atoms with Gasteiger partial charge in [0.15, 0.2) is 0 Å². The zero-order chi connectivity index (χ0) is 7.56. The lowest BCUT2D eigenvalue weighted by molar-refractivity contribution is 0.679. The van der Waals surface area contributed by atoms with Crippen LogP contribution in [0, 0.1) is 6.92 Å². The van der Waals surface area contributed by atoms with Gasteiger partial charge in [0.05, 0.1) is 0 Å². The van der Waals surface area contributed by atoms with Gasteiger partial charge in [-0.15, -0.1) is 0 Å². The number of nitrogens with one attached hydrogen (secondary N) is 1. The van der Waals surface area contributed by atoms with Crippen molar-refractivity contribution in [3.05, 3.63) is 23.5 Å². The Balaban J connectivity index is 2.74. The van der Waals surface area contributed by atoms with E-state index in [0.717, 1.165) is 12.1 Å². The number of rotatable bonds is 2. The molecular weight excluding hydrogens is 124 g/mol. The minimum atomic E-state index is 0.175. The predicted octanol–water partition coefficient (Wildman–Crippen LogP) is 1.73. The van der Waals surface area contributed by atoms with E-state index >= 15 is 0 Å². The van der Waals surface area contributed by atoms with Crippen molar-refractivity contribution in [3.8, 4) is 0 Å². The first-order valence-corrected chi connectivity index (χ1v) is 3.65. The van der Waals surface area contributed by atoms with Gasteiger partial charge in [-0.05, 0) is 25.5 Å². The highest BCUT2D eigenvalue weighted by atomic mass is 14.8. The minimum Gasteiger partial charge on any atom is -0.361 e. The number of aromatic nitrogens is 1. The highest BCUT2D eigenvalue weighted by molar-refractivity contribution is 5.14. The van der Waals surface area contributed by atoms with E-state index in [2.05, 4.69) is 11.9 Å². The molecule has 0 saturated heterocycles. The van der Waals surface area contributed by atoms with Crippen LogP contribution in [0.3, 0.4) is 0 Å². The van der Waals surface area contributed by atoms with Gasteiger partial charge >= 0.3 is 0 Å². The van der Waals surface area contributed by atoms with Gasteiger partial charge in [-0.2, -0.15) is 0 Å². The largest absolute Gasteiger partial charge is 0.361 e. The fourth-order valence-corrected chi connectivity index (χ4v) is 0.962. The summed E-state index contributed by atoms with van der Waals surface area (Å²) in [7, 11) is 0. The average Bonchev–Trinajstić information content (AvgIpc) is 2.34. The van der Waals surface area contributed by atoms with Gasteiger partial charge in [-0.25, -0.2) is 0 Å². The molecule has 1 unspecified atom stereocenters. The quantitative estimate of drug-likeness (QED) is 0.642. The Morgan fingerprint density at radius 3 is 2.70 bits per heavy atom. The molecule has 0 amide bonds. The Labute approximate surface area is 61.4 Å². The van der Waals surface area contributed by atoms with E-state index in [1.807, 2.05) is 19.1 Å². The summed E-state index contributed by atoms with van der Waals surface area (Å²) < 4.78 is 0. The zero-order valence-corrected chi connectivity index (χ0v) is 6.52. The summed E-state index contributed by atoms with van der Waals surface area (Å²) in [6.45, 7) is 4.12. The third-order valence-corrected chi connectivity index (χ3v) is 1.69. The molecule has 2 nitrogen and oxygen atoms in total. The Kier molecular flexibility index (Phi) is 2.12. The highest BCUT2D eigenvalue weighted by Crippen LogP contribution is 2.11. The molecule has 0 aromatic carbocycles. The summed E-state index contributed by atoms with van der Waals surface area (Å²) in [5.41, 5.74) is 8.09. The fourth-order valence-electron chi connectivity index (χ4n) is 0.962. The Hall–Kier alpha value is -0.760. The van der Waals surface area contributed by atoms with Gasteiger partial charge in [0.2, 0.25) is 0 Å². The second-order valence-corrected chi connectivity index (χ2v) is 2.61. The molecule has 1 atom stereocenters. The maximum Gasteiger partial charge on any atom is 0.0445 e. The lowest BCUT2D eigenvalue weighted by Gasteiger charge is -2.04. The summed E-state index contributed by atoms with van der Waals surface area (Å²) in [4.78, 5) is 3.20. The Morgan fingerprint density at radius 1 is 1.60 bits per heavy atom. The van der Waals surface area contributed by atoms with Crippen LogP contribution in [0.1, 0.15) is 30.8 Å². The van der Waals surface area contributed by atoms with Crippen LogP contribution in [0.2, 0.25) is 0 Å².